The van der Waals surface area contributed by atoms with Gasteiger partial charge in [-0.2, -0.15) is 0 Å². The molecular weight excluding hydrogens is 242 g/mol. The zero-order chi connectivity index (χ0) is 13.4. The van der Waals surface area contributed by atoms with Crippen LogP contribution < -0.4 is 10.6 Å². The minimum absolute atomic E-state index is 0.0125. The third-order valence-electron chi connectivity index (χ3n) is 3.85. The molecule has 2 amide bonds. The van der Waals surface area contributed by atoms with Gasteiger partial charge in [0.1, 0.15) is 12.1 Å². The Morgan fingerprint density at radius 1 is 1.37 bits per heavy atom. The Bertz CT molecular complexity index is 504. The molecule has 1 aromatic rings. The Kier molecular flexibility index (Phi) is 2.89. The summed E-state index contributed by atoms with van der Waals surface area (Å²) >= 11 is 0. The second-order valence-corrected chi connectivity index (χ2v) is 5.06. The molecule has 2 heterocycles. The van der Waals surface area contributed by atoms with Crippen LogP contribution >= 0.6 is 0 Å². The highest BCUT2D eigenvalue weighted by Crippen LogP contribution is 2.26. The van der Waals surface area contributed by atoms with Crippen LogP contribution in [-0.4, -0.2) is 41.9 Å². The summed E-state index contributed by atoms with van der Waals surface area (Å²) in [6.45, 7) is 2.89. The number of amides is 2. The number of benzene rings is 1. The Labute approximate surface area is 112 Å². The normalized spacial score (nSPS) is 25.5. The highest BCUT2D eigenvalue weighted by molar-refractivity contribution is 5.93. The molecule has 1 saturated heterocycles. The first-order valence-corrected chi connectivity index (χ1v) is 6.59. The van der Waals surface area contributed by atoms with Crippen LogP contribution in [0, 0.1) is 0 Å². The standard InChI is InChI=1S/C14H17N3O2/c1-9-13(18)15-6-7-17(9)14(19)12-8-10-4-2-3-5-11(10)16-12/h2-5,9,12,16H,6-8H2,1H3,(H,15,18). The molecule has 0 saturated carbocycles. The van der Waals surface area contributed by atoms with E-state index in [1.165, 1.54) is 0 Å². The van der Waals surface area contributed by atoms with Gasteiger partial charge in [-0.1, -0.05) is 18.2 Å². The van der Waals surface area contributed by atoms with Gasteiger partial charge in [0.2, 0.25) is 11.8 Å². The number of hydrogen-bond acceptors (Lipinski definition) is 3. The summed E-state index contributed by atoms with van der Waals surface area (Å²) in [4.78, 5) is 25.8. The number of anilines is 1. The van der Waals surface area contributed by atoms with Crippen molar-refractivity contribution in [2.24, 2.45) is 0 Å². The topological polar surface area (TPSA) is 61.4 Å². The Hall–Kier alpha value is -2.04. The van der Waals surface area contributed by atoms with Crippen molar-refractivity contribution >= 4 is 17.5 Å². The maximum absolute atomic E-state index is 12.5. The fourth-order valence-electron chi connectivity index (χ4n) is 2.73. The number of nitrogens with zero attached hydrogens (tertiary/aromatic N) is 1. The quantitative estimate of drug-likeness (QED) is 0.766. The summed E-state index contributed by atoms with van der Waals surface area (Å²) in [6, 6.07) is 7.31. The SMILES string of the molecule is CC1C(=O)NCCN1C(=O)C1Cc2ccccc2N1. The minimum Gasteiger partial charge on any atom is -0.373 e. The van der Waals surface area contributed by atoms with E-state index in [9.17, 15) is 9.59 Å². The van der Waals surface area contributed by atoms with Gasteiger partial charge < -0.3 is 15.5 Å². The second kappa shape index (κ2) is 4.57. The van der Waals surface area contributed by atoms with Crippen LogP contribution in [0.1, 0.15) is 12.5 Å². The number of carbonyl (C=O) groups excluding carboxylic acids is 2. The first-order valence-electron chi connectivity index (χ1n) is 6.59. The van der Waals surface area contributed by atoms with Crippen molar-refractivity contribution in [3.8, 4) is 0 Å². The molecule has 2 unspecified atom stereocenters. The van der Waals surface area contributed by atoms with Gasteiger partial charge in [0.25, 0.3) is 0 Å². The molecule has 5 heteroatoms. The van der Waals surface area contributed by atoms with Gasteiger partial charge in [-0.3, -0.25) is 9.59 Å². The fraction of sp³-hybridized carbons (Fsp3) is 0.429. The van der Waals surface area contributed by atoms with E-state index in [2.05, 4.69) is 10.6 Å². The van der Waals surface area contributed by atoms with Gasteiger partial charge in [0.05, 0.1) is 0 Å². The van der Waals surface area contributed by atoms with Crippen molar-refractivity contribution < 1.29 is 9.59 Å². The summed E-state index contributed by atoms with van der Waals surface area (Å²) < 4.78 is 0. The third-order valence-corrected chi connectivity index (χ3v) is 3.85. The van der Waals surface area contributed by atoms with Crippen molar-refractivity contribution in [2.45, 2.75) is 25.4 Å². The average molecular weight is 259 g/mol. The molecule has 0 radical (unpaired) electrons. The number of piperazine rings is 1. The van der Waals surface area contributed by atoms with Crippen LogP contribution in [0.2, 0.25) is 0 Å². The lowest BCUT2D eigenvalue weighted by molar-refractivity contribution is -0.142. The lowest BCUT2D eigenvalue weighted by Crippen LogP contribution is -2.58. The molecule has 0 aliphatic carbocycles. The van der Waals surface area contributed by atoms with Gasteiger partial charge in [0, 0.05) is 25.2 Å². The summed E-state index contributed by atoms with van der Waals surface area (Å²) in [5, 5.41) is 6.02. The number of nitrogens with one attached hydrogen (secondary N) is 2. The van der Waals surface area contributed by atoms with Crippen LogP contribution in [0.4, 0.5) is 5.69 Å². The molecule has 0 spiro atoms. The molecule has 2 N–H and O–H groups in total. The zero-order valence-corrected chi connectivity index (χ0v) is 10.8. The van der Waals surface area contributed by atoms with E-state index in [4.69, 9.17) is 0 Å². The summed E-state index contributed by atoms with van der Waals surface area (Å²) in [6.07, 6.45) is 0.694. The number of para-hydroxylation sites is 1. The molecule has 1 fully saturated rings. The number of carbonyl (C=O) groups is 2. The molecule has 2 aliphatic heterocycles. The first kappa shape index (κ1) is 12.0. The van der Waals surface area contributed by atoms with Gasteiger partial charge in [-0.25, -0.2) is 0 Å². The number of hydrogen-bond donors (Lipinski definition) is 2. The Balaban J connectivity index is 1.74. The van der Waals surface area contributed by atoms with Crippen LogP contribution in [0.3, 0.4) is 0 Å². The smallest absolute Gasteiger partial charge is 0.246 e. The van der Waals surface area contributed by atoms with Crippen molar-refractivity contribution in [1.82, 2.24) is 10.2 Å². The van der Waals surface area contributed by atoms with E-state index in [-0.39, 0.29) is 23.9 Å². The van der Waals surface area contributed by atoms with E-state index in [1.807, 2.05) is 24.3 Å². The predicted molar refractivity (Wildman–Crippen MR) is 71.7 cm³/mol. The minimum atomic E-state index is -0.383. The monoisotopic (exact) mass is 259 g/mol. The van der Waals surface area contributed by atoms with Crippen molar-refractivity contribution in [2.75, 3.05) is 18.4 Å². The molecular formula is C14H17N3O2. The lowest BCUT2D eigenvalue weighted by Gasteiger charge is -2.34. The Morgan fingerprint density at radius 3 is 2.95 bits per heavy atom. The van der Waals surface area contributed by atoms with E-state index >= 15 is 0 Å². The summed E-state index contributed by atoms with van der Waals surface area (Å²) in [7, 11) is 0. The zero-order valence-electron chi connectivity index (χ0n) is 10.8. The van der Waals surface area contributed by atoms with E-state index in [1.54, 1.807) is 11.8 Å². The first-order chi connectivity index (χ1) is 9.16. The molecule has 0 bridgehead atoms. The predicted octanol–water partition coefficient (Wildman–Crippen LogP) is 0.370. The van der Waals surface area contributed by atoms with Crippen LogP contribution in [0.5, 0.6) is 0 Å². The van der Waals surface area contributed by atoms with Gasteiger partial charge in [0.15, 0.2) is 0 Å². The molecule has 19 heavy (non-hydrogen) atoms. The molecule has 2 aliphatic rings. The van der Waals surface area contributed by atoms with Crippen LogP contribution in [0.15, 0.2) is 24.3 Å². The number of fused-ring (bicyclic) bond motifs is 1. The molecule has 100 valence electrons. The van der Waals surface area contributed by atoms with E-state index in [0.717, 1.165) is 11.3 Å². The Morgan fingerprint density at radius 2 is 2.16 bits per heavy atom. The maximum Gasteiger partial charge on any atom is 0.246 e. The molecule has 2 atom stereocenters. The van der Waals surface area contributed by atoms with Crippen LogP contribution in [0.25, 0.3) is 0 Å². The number of rotatable bonds is 1. The van der Waals surface area contributed by atoms with Gasteiger partial charge in [-0.15, -0.1) is 0 Å². The lowest BCUT2D eigenvalue weighted by atomic mass is 10.1. The molecule has 1 aromatic carbocycles. The summed E-state index contributed by atoms with van der Waals surface area (Å²) in [5.41, 5.74) is 2.19. The molecule has 5 nitrogen and oxygen atoms in total. The largest absolute Gasteiger partial charge is 0.373 e. The van der Waals surface area contributed by atoms with E-state index < -0.39 is 0 Å². The highest BCUT2D eigenvalue weighted by atomic mass is 16.2. The van der Waals surface area contributed by atoms with Crippen LogP contribution in [-0.2, 0) is 16.0 Å². The molecule has 0 aromatic heterocycles. The summed E-state index contributed by atoms with van der Waals surface area (Å²) in [5.74, 6) is -0.0614. The second-order valence-electron chi connectivity index (χ2n) is 5.06. The third kappa shape index (κ3) is 2.05. The van der Waals surface area contributed by atoms with Crippen molar-refractivity contribution in [3.63, 3.8) is 0 Å². The van der Waals surface area contributed by atoms with Crippen molar-refractivity contribution in [1.29, 1.82) is 0 Å². The van der Waals surface area contributed by atoms with Crippen molar-refractivity contribution in [3.05, 3.63) is 29.8 Å². The maximum atomic E-state index is 12.5. The van der Waals surface area contributed by atoms with Gasteiger partial charge >= 0.3 is 0 Å². The van der Waals surface area contributed by atoms with E-state index in [0.29, 0.717) is 19.5 Å². The average Bonchev–Trinajstić information content (AvgIpc) is 2.85. The molecule has 3 rings (SSSR count). The fourth-order valence-corrected chi connectivity index (χ4v) is 2.73. The highest BCUT2D eigenvalue weighted by Gasteiger charge is 2.35. The van der Waals surface area contributed by atoms with Gasteiger partial charge in [-0.05, 0) is 18.6 Å².